The molecule has 0 saturated carbocycles. The summed E-state index contributed by atoms with van der Waals surface area (Å²) in [7, 11) is 0. The average Bonchev–Trinajstić information content (AvgIpc) is 1.38. The third-order valence-corrected chi connectivity index (χ3v) is 0.260. The summed E-state index contributed by atoms with van der Waals surface area (Å²) in [6, 6.07) is 0. The van der Waals surface area contributed by atoms with Gasteiger partial charge in [-0.15, -0.1) is 0 Å². The van der Waals surface area contributed by atoms with E-state index < -0.39 is 6.61 Å². The molecule has 0 aromatic carbocycles. The van der Waals surface area contributed by atoms with E-state index in [1.54, 1.807) is 0 Å². The minimum Gasteiger partial charge on any atom is -0.391 e. The molecule has 0 saturated heterocycles. The molecule has 29 valence electrons. The second-order valence-corrected chi connectivity index (χ2v) is 1.14. The largest absolute Gasteiger partial charge is 0.391 e. The lowest BCUT2D eigenvalue weighted by atomic mass is 10.7. The fourth-order valence-electron chi connectivity index (χ4n) is 0. The molecular formula is C2H4NOS. The molecule has 0 aliphatic rings. The molecule has 3 heteroatoms. The first-order chi connectivity index (χ1) is 2.27. The molecule has 0 bridgehead atoms. The highest BCUT2D eigenvalue weighted by molar-refractivity contribution is 7.80. The maximum Gasteiger partial charge on any atom is 0.132 e. The topological polar surface area (TPSA) is 45.9 Å². The quantitative estimate of drug-likeness (QED) is 0.449. The summed E-state index contributed by atoms with van der Waals surface area (Å²) in [4.78, 5) is 0.0324. The van der Waals surface area contributed by atoms with Gasteiger partial charge in [-0.25, -0.2) is 5.11 Å². The van der Waals surface area contributed by atoms with Gasteiger partial charge < -0.3 is 5.73 Å². The molecule has 0 aliphatic heterocycles. The van der Waals surface area contributed by atoms with Crippen molar-refractivity contribution in [3.8, 4) is 0 Å². The van der Waals surface area contributed by atoms with Crippen LogP contribution < -0.4 is 5.73 Å². The third kappa shape index (κ3) is 3.85. The molecule has 2 nitrogen and oxygen atoms in total. The lowest BCUT2D eigenvalue weighted by molar-refractivity contribution is 0.246. The fourth-order valence-corrected chi connectivity index (χ4v) is 0. The molecule has 0 fully saturated rings. The maximum atomic E-state index is 9.36. The van der Waals surface area contributed by atoms with Crippen LogP contribution in [0.2, 0.25) is 0 Å². The van der Waals surface area contributed by atoms with Crippen LogP contribution in [0.15, 0.2) is 0 Å². The molecule has 0 unspecified atom stereocenters. The van der Waals surface area contributed by atoms with Gasteiger partial charge in [0, 0.05) is 0 Å². The van der Waals surface area contributed by atoms with Crippen molar-refractivity contribution in [3.63, 3.8) is 0 Å². The van der Waals surface area contributed by atoms with Crippen LogP contribution in [0.25, 0.3) is 0 Å². The van der Waals surface area contributed by atoms with Crippen LogP contribution in [-0.2, 0) is 5.11 Å². The van der Waals surface area contributed by atoms with Crippen LogP contribution >= 0.6 is 12.2 Å². The maximum absolute atomic E-state index is 9.36. The highest BCUT2D eigenvalue weighted by Crippen LogP contribution is 1.55. The normalized spacial score (nSPS) is 7.40. The van der Waals surface area contributed by atoms with E-state index in [0.29, 0.717) is 0 Å². The molecular weight excluding hydrogens is 86.1 g/mol. The SMILES string of the molecule is NC(=S)C[O]. The second-order valence-electron chi connectivity index (χ2n) is 0.611. The molecule has 1 radical (unpaired) electrons. The van der Waals surface area contributed by atoms with E-state index in [9.17, 15) is 5.11 Å². The smallest absolute Gasteiger partial charge is 0.132 e. The van der Waals surface area contributed by atoms with Crippen molar-refractivity contribution >= 4 is 17.2 Å². The van der Waals surface area contributed by atoms with Crippen molar-refractivity contribution in [2.75, 3.05) is 6.61 Å². The summed E-state index contributed by atoms with van der Waals surface area (Å²) in [6.07, 6.45) is 0. The Morgan fingerprint density at radius 2 is 2.20 bits per heavy atom. The van der Waals surface area contributed by atoms with E-state index in [1.807, 2.05) is 0 Å². The molecule has 0 aromatic heterocycles. The Bertz CT molecular complexity index is 44.9. The first kappa shape index (κ1) is 4.85. The van der Waals surface area contributed by atoms with Gasteiger partial charge in [0.1, 0.15) is 11.6 Å². The first-order valence-electron chi connectivity index (χ1n) is 1.14. The van der Waals surface area contributed by atoms with Crippen molar-refractivity contribution in [2.45, 2.75) is 0 Å². The molecule has 0 rings (SSSR count). The molecule has 0 spiro atoms. The molecule has 5 heavy (non-hydrogen) atoms. The van der Waals surface area contributed by atoms with Crippen LogP contribution in [0.1, 0.15) is 0 Å². The second kappa shape index (κ2) is 2.11. The van der Waals surface area contributed by atoms with Gasteiger partial charge in [-0.3, -0.25) is 0 Å². The van der Waals surface area contributed by atoms with E-state index in [1.165, 1.54) is 0 Å². The van der Waals surface area contributed by atoms with Crippen molar-refractivity contribution < 1.29 is 5.11 Å². The average molecular weight is 90.1 g/mol. The highest BCUT2D eigenvalue weighted by Gasteiger charge is 1.75. The van der Waals surface area contributed by atoms with Crippen molar-refractivity contribution in [1.82, 2.24) is 0 Å². The molecule has 0 amide bonds. The first-order valence-corrected chi connectivity index (χ1v) is 1.54. The Kier molecular flexibility index (Phi) is 2.05. The Morgan fingerprint density at radius 1 is 2.00 bits per heavy atom. The summed E-state index contributed by atoms with van der Waals surface area (Å²) in [6.45, 7) is -0.435. The summed E-state index contributed by atoms with van der Waals surface area (Å²) in [5.41, 5.74) is 4.71. The number of nitrogens with two attached hydrogens (primary N) is 1. The Balaban J connectivity index is 2.85. The summed E-state index contributed by atoms with van der Waals surface area (Å²) < 4.78 is 0. The monoisotopic (exact) mass is 90.0 g/mol. The molecule has 0 heterocycles. The lowest BCUT2D eigenvalue weighted by Gasteiger charge is -1.75. The predicted octanol–water partition coefficient (Wildman–Crippen LogP) is -0.297. The molecule has 0 atom stereocenters. The minimum atomic E-state index is -0.435. The number of thiocarbonyl (C=S) groups is 1. The van der Waals surface area contributed by atoms with Gasteiger partial charge in [-0.2, -0.15) is 0 Å². The summed E-state index contributed by atoms with van der Waals surface area (Å²) in [5.74, 6) is 0. The van der Waals surface area contributed by atoms with Gasteiger partial charge in [0.2, 0.25) is 0 Å². The highest BCUT2D eigenvalue weighted by atomic mass is 32.1. The van der Waals surface area contributed by atoms with Crippen molar-refractivity contribution in [3.05, 3.63) is 0 Å². The van der Waals surface area contributed by atoms with Gasteiger partial charge >= 0.3 is 0 Å². The lowest BCUT2D eigenvalue weighted by Crippen LogP contribution is -2.10. The van der Waals surface area contributed by atoms with Gasteiger partial charge in [-0.05, 0) is 0 Å². The van der Waals surface area contributed by atoms with Gasteiger partial charge in [0.05, 0.1) is 0 Å². The minimum absolute atomic E-state index is 0.0324. The zero-order chi connectivity index (χ0) is 4.28. The van der Waals surface area contributed by atoms with Crippen LogP contribution in [-0.4, -0.2) is 11.6 Å². The van der Waals surface area contributed by atoms with Crippen molar-refractivity contribution in [2.24, 2.45) is 5.73 Å². The summed E-state index contributed by atoms with van der Waals surface area (Å²) in [5, 5.41) is 9.36. The standard InChI is InChI=1S/C2H4NOS/c3-2(5)1-4/h1H2,(H2,3,5). The Hall–Kier alpha value is -0.150. The number of rotatable bonds is 1. The van der Waals surface area contributed by atoms with E-state index >= 15 is 0 Å². The Morgan fingerprint density at radius 3 is 2.20 bits per heavy atom. The van der Waals surface area contributed by atoms with Crippen LogP contribution in [0, 0.1) is 0 Å². The van der Waals surface area contributed by atoms with Gasteiger partial charge in [-0.1, -0.05) is 12.2 Å². The third-order valence-electron chi connectivity index (χ3n) is 0.142. The van der Waals surface area contributed by atoms with Crippen LogP contribution in [0.5, 0.6) is 0 Å². The number of hydrogen-bond acceptors (Lipinski definition) is 1. The van der Waals surface area contributed by atoms with E-state index in [2.05, 4.69) is 12.2 Å². The van der Waals surface area contributed by atoms with Crippen LogP contribution in [0.3, 0.4) is 0 Å². The molecule has 2 N–H and O–H groups in total. The van der Waals surface area contributed by atoms with Gasteiger partial charge in [0.25, 0.3) is 0 Å². The van der Waals surface area contributed by atoms with Gasteiger partial charge in [0.15, 0.2) is 0 Å². The van der Waals surface area contributed by atoms with Crippen molar-refractivity contribution in [1.29, 1.82) is 0 Å². The van der Waals surface area contributed by atoms with Crippen LogP contribution in [0.4, 0.5) is 0 Å². The molecule has 0 aromatic rings. The Labute approximate surface area is 35.6 Å². The zero-order valence-electron chi connectivity index (χ0n) is 2.60. The predicted molar refractivity (Wildman–Crippen MR) is 22.3 cm³/mol. The molecule has 0 aliphatic carbocycles. The van der Waals surface area contributed by atoms with E-state index in [0.717, 1.165) is 0 Å². The summed E-state index contributed by atoms with van der Waals surface area (Å²) >= 11 is 4.16. The van der Waals surface area contributed by atoms with E-state index in [-0.39, 0.29) is 4.99 Å². The zero-order valence-corrected chi connectivity index (χ0v) is 3.42. The fraction of sp³-hybridized carbons (Fsp3) is 0.500. The van der Waals surface area contributed by atoms with E-state index in [4.69, 9.17) is 5.73 Å². The number of hydrogen-bond donors (Lipinski definition) is 1.